The third-order valence-electron chi connectivity index (χ3n) is 3.17. The third-order valence-corrected chi connectivity index (χ3v) is 3.17. The Morgan fingerprint density at radius 2 is 1.33 bits per heavy atom. The average molecular weight is 253 g/mol. The zero-order valence-electron chi connectivity index (χ0n) is 13.3. The molecule has 2 aliphatic rings. The quantitative estimate of drug-likeness (QED) is 0.530. The third kappa shape index (κ3) is 13.5. The minimum atomic E-state index is 0.978. The van der Waals surface area contributed by atoms with Crippen molar-refractivity contribution in [3.05, 3.63) is 25.3 Å². The first kappa shape index (κ1) is 19.8. The Labute approximate surface area is 116 Å². The highest BCUT2D eigenvalue weighted by molar-refractivity contribution is 4.85. The molecule has 1 heterocycles. The normalized spacial score (nSPS) is 19.3. The van der Waals surface area contributed by atoms with E-state index >= 15 is 0 Å². The molecule has 0 bridgehead atoms. The van der Waals surface area contributed by atoms with Gasteiger partial charge in [-0.15, -0.1) is 13.2 Å². The maximum absolute atomic E-state index is 3.00. The van der Waals surface area contributed by atoms with Gasteiger partial charge in [-0.2, -0.15) is 0 Å². The van der Waals surface area contributed by atoms with Crippen LogP contribution in [0.25, 0.3) is 0 Å². The van der Waals surface area contributed by atoms with Crippen LogP contribution in [-0.4, -0.2) is 25.0 Å². The van der Waals surface area contributed by atoms with Gasteiger partial charge in [-0.25, -0.2) is 0 Å². The van der Waals surface area contributed by atoms with E-state index in [1.165, 1.54) is 51.6 Å². The Bertz CT molecular complexity index is 148. The summed E-state index contributed by atoms with van der Waals surface area (Å²) in [5.41, 5.74) is 0. The Balaban J connectivity index is 0. The van der Waals surface area contributed by atoms with Crippen molar-refractivity contribution in [3.8, 4) is 0 Å². The first-order valence-corrected chi connectivity index (χ1v) is 7.62. The first-order chi connectivity index (χ1) is 8.79. The number of rotatable bonds is 0. The van der Waals surface area contributed by atoms with E-state index in [0.29, 0.717) is 0 Å². The van der Waals surface area contributed by atoms with Crippen molar-refractivity contribution in [1.29, 1.82) is 0 Å². The Hall–Kier alpha value is -0.560. The lowest BCUT2D eigenvalue weighted by molar-refractivity contribution is 0.230. The summed E-state index contributed by atoms with van der Waals surface area (Å²) in [7, 11) is 2.20. The van der Waals surface area contributed by atoms with Crippen molar-refractivity contribution in [2.24, 2.45) is 5.92 Å². The molecule has 2 rings (SSSR count). The predicted molar refractivity (Wildman–Crippen MR) is 86.1 cm³/mol. The number of likely N-dealkylation sites (tertiary alicyclic amines) is 1. The predicted octanol–water partition coefficient (Wildman–Crippen LogP) is 5.29. The molecule has 0 N–H and O–H groups in total. The summed E-state index contributed by atoms with van der Waals surface area (Å²) in [5.74, 6) is 0.978. The smallest absolute Gasteiger partial charge is 0.00192 e. The molecule has 0 radical (unpaired) electrons. The van der Waals surface area contributed by atoms with Gasteiger partial charge in [0.25, 0.3) is 0 Å². The van der Waals surface area contributed by atoms with Crippen molar-refractivity contribution in [2.75, 3.05) is 20.1 Å². The lowest BCUT2D eigenvalue weighted by Crippen LogP contribution is -2.28. The topological polar surface area (TPSA) is 3.24 Å². The SMILES string of the molecule is C1=CCCCC1.C=C.CC.CC1CCN(C)CC1. The van der Waals surface area contributed by atoms with E-state index in [9.17, 15) is 0 Å². The summed E-state index contributed by atoms with van der Waals surface area (Å²) < 4.78 is 0. The summed E-state index contributed by atoms with van der Waals surface area (Å²) in [4.78, 5) is 2.40. The van der Waals surface area contributed by atoms with Crippen molar-refractivity contribution in [2.45, 2.75) is 59.3 Å². The second kappa shape index (κ2) is 16.4. The molecule has 0 spiro atoms. The Morgan fingerprint density at radius 1 is 0.944 bits per heavy atom. The second-order valence-corrected chi connectivity index (χ2v) is 4.74. The highest BCUT2D eigenvalue weighted by Gasteiger charge is 2.10. The van der Waals surface area contributed by atoms with E-state index in [1.807, 2.05) is 13.8 Å². The zero-order valence-corrected chi connectivity index (χ0v) is 13.3. The van der Waals surface area contributed by atoms with Gasteiger partial charge in [0.05, 0.1) is 0 Å². The number of piperidine rings is 1. The molecule has 1 saturated heterocycles. The molecular weight excluding hydrogens is 218 g/mol. The summed E-state index contributed by atoms with van der Waals surface area (Å²) in [6.45, 7) is 15.0. The van der Waals surface area contributed by atoms with Gasteiger partial charge >= 0.3 is 0 Å². The van der Waals surface area contributed by atoms with Gasteiger partial charge in [0.15, 0.2) is 0 Å². The summed E-state index contributed by atoms with van der Waals surface area (Å²) >= 11 is 0. The minimum absolute atomic E-state index is 0.978. The molecule has 1 nitrogen and oxygen atoms in total. The molecule has 0 amide bonds. The molecule has 1 aliphatic heterocycles. The van der Waals surface area contributed by atoms with Crippen LogP contribution in [0.5, 0.6) is 0 Å². The van der Waals surface area contributed by atoms with Crippen LogP contribution < -0.4 is 0 Å². The van der Waals surface area contributed by atoms with E-state index in [2.05, 4.69) is 44.2 Å². The monoisotopic (exact) mass is 253 g/mol. The Morgan fingerprint density at radius 3 is 1.56 bits per heavy atom. The van der Waals surface area contributed by atoms with Gasteiger partial charge < -0.3 is 4.90 Å². The number of nitrogens with zero attached hydrogens (tertiary/aromatic N) is 1. The highest BCUT2D eigenvalue weighted by atomic mass is 15.1. The highest BCUT2D eigenvalue weighted by Crippen LogP contribution is 2.13. The fourth-order valence-electron chi connectivity index (χ4n) is 1.90. The van der Waals surface area contributed by atoms with Crippen LogP contribution in [-0.2, 0) is 0 Å². The van der Waals surface area contributed by atoms with Gasteiger partial charge in [-0.1, -0.05) is 32.9 Å². The lowest BCUT2D eigenvalue weighted by atomic mass is 10.00. The summed E-state index contributed by atoms with van der Waals surface area (Å²) in [5, 5.41) is 0. The fraction of sp³-hybridized carbons (Fsp3) is 0.765. The lowest BCUT2D eigenvalue weighted by Gasteiger charge is -2.26. The van der Waals surface area contributed by atoms with Crippen molar-refractivity contribution in [1.82, 2.24) is 4.90 Å². The van der Waals surface area contributed by atoms with Crippen LogP contribution in [0.1, 0.15) is 59.3 Å². The largest absolute Gasteiger partial charge is 0.306 e. The first-order valence-electron chi connectivity index (χ1n) is 7.62. The minimum Gasteiger partial charge on any atom is -0.306 e. The van der Waals surface area contributed by atoms with E-state index in [-0.39, 0.29) is 0 Å². The van der Waals surface area contributed by atoms with Crippen LogP contribution in [0.3, 0.4) is 0 Å². The maximum Gasteiger partial charge on any atom is -0.00192 e. The standard InChI is InChI=1S/C7H15N.C6H10.C2H6.C2H4/c1-7-3-5-8(2)6-4-7;1-2-4-6-5-3-1;2*1-2/h7H,3-6H2,1-2H3;1-2H,3-6H2;1-2H3;1-2H2. The number of hydrogen-bond acceptors (Lipinski definition) is 1. The molecule has 1 aliphatic carbocycles. The van der Waals surface area contributed by atoms with Crippen LogP contribution >= 0.6 is 0 Å². The molecule has 0 aromatic heterocycles. The average Bonchev–Trinajstić information content (AvgIpc) is 2.49. The fourth-order valence-corrected chi connectivity index (χ4v) is 1.90. The van der Waals surface area contributed by atoms with Crippen LogP contribution in [0.2, 0.25) is 0 Å². The molecule has 0 atom stereocenters. The van der Waals surface area contributed by atoms with Gasteiger partial charge in [-0.05, 0) is 64.6 Å². The second-order valence-electron chi connectivity index (χ2n) is 4.74. The molecule has 0 aromatic rings. The van der Waals surface area contributed by atoms with Gasteiger partial charge in [0.2, 0.25) is 0 Å². The molecule has 0 aromatic carbocycles. The van der Waals surface area contributed by atoms with Crippen molar-refractivity contribution < 1.29 is 0 Å². The molecule has 0 saturated carbocycles. The summed E-state index contributed by atoms with van der Waals surface area (Å²) in [6, 6.07) is 0. The summed E-state index contributed by atoms with van der Waals surface area (Å²) in [6.07, 6.45) is 12.8. The van der Waals surface area contributed by atoms with E-state index in [1.54, 1.807) is 0 Å². The maximum atomic E-state index is 3.00. The van der Waals surface area contributed by atoms with Gasteiger partial charge in [0.1, 0.15) is 0 Å². The zero-order chi connectivity index (χ0) is 14.2. The van der Waals surface area contributed by atoms with E-state index < -0.39 is 0 Å². The molecule has 1 heteroatoms. The molecule has 108 valence electrons. The van der Waals surface area contributed by atoms with Crippen molar-refractivity contribution >= 4 is 0 Å². The van der Waals surface area contributed by atoms with E-state index in [4.69, 9.17) is 0 Å². The molecule has 0 unspecified atom stereocenters. The van der Waals surface area contributed by atoms with Crippen LogP contribution in [0, 0.1) is 5.92 Å². The molecular formula is C17H35N. The van der Waals surface area contributed by atoms with Crippen LogP contribution in [0.15, 0.2) is 25.3 Å². The van der Waals surface area contributed by atoms with Gasteiger partial charge in [0, 0.05) is 0 Å². The van der Waals surface area contributed by atoms with Crippen LogP contribution in [0.4, 0.5) is 0 Å². The van der Waals surface area contributed by atoms with E-state index in [0.717, 1.165) is 5.92 Å². The Kier molecular flexibility index (Phi) is 18.1. The number of allylic oxidation sites excluding steroid dienone is 2. The van der Waals surface area contributed by atoms with Gasteiger partial charge in [-0.3, -0.25) is 0 Å². The van der Waals surface area contributed by atoms with Crippen molar-refractivity contribution in [3.63, 3.8) is 0 Å². The molecule has 18 heavy (non-hydrogen) atoms. The molecule has 1 fully saturated rings. The number of hydrogen-bond donors (Lipinski definition) is 0.